The van der Waals surface area contributed by atoms with Crippen LogP contribution in [-0.4, -0.2) is 63.4 Å². The second-order valence-corrected chi connectivity index (χ2v) is 11.8. The summed E-state index contributed by atoms with van der Waals surface area (Å²) in [4.78, 5) is 20.8. The molecule has 1 aliphatic carbocycles. The molecule has 1 saturated heterocycles. The van der Waals surface area contributed by atoms with Gasteiger partial charge in [0.2, 0.25) is 7.37 Å². The van der Waals surface area contributed by atoms with Crippen molar-refractivity contribution in [3.05, 3.63) is 36.8 Å². The third-order valence-electron chi connectivity index (χ3n) is 6.63. The van der Waals surface area contributed by atoms with E-state index in [-0.39, 0.29) is 12.8 Å². The molecule has 2 aliphatic rings. The lowest BCUT2D eigenvalue weighted by atomic mass is 9.79. The zero-order chi connectivity index (χ0) is 22.3. The zero-order valence-electron chi connectivity index (χ0n) is 18.4. The van der Waals surface area contributed by atoms with Gasteiger partial charge >= 0.3 is 0 Å². The van der Waals surface area contributed by atoms with Crippen molar-refractivity contribution >= 4 is 24.2 Å². The van der Waals surface area contributed by atoms with Crippen molar-refractivity contribution in [3.8, 4) is 16.9 Å². The first kappa shape index (κ1) is 21.4. The van der Waals surface area contributed by atoms with Gasteiger partial charge in [-0.2, -0.15) is 0 Å². The number of rotatable bonds is 8. The quantitative estimate of drug-likeness (QED) is 0.500. The minimum absolute atomic E-state index is 0.123. The molecule has 1 aromatic carbocycles. The summed E-state index contributed by atoms with van der Waals surface area (Å²) in [5.74, 6) is 1.88. The van der Waals surface area contributed by atoms with E-state index in [1.165, 1.54) is 39.0 Å². The van der Waals surface area contributed by atoms with Crippen LogP contribution in [0.5, 0.6) is 5.75 Å². The highest BCUT2D eigenvalue weighted by atomic mass is 31.2. The number of nitrogen functional groups attached to an aromatic ring is 1. The standard InChI is InChI=1S/C23H30N5O3P/c1-32(29,30)9-8-31-19-5-2-4-17(12-19)20-14-28(23-21(20)22(24)25-15-26-23)18-10-16(11-18)13-27-6-3-7-27/h2,4-5,12,14-16,18H,3,6-11,13H2,1H3,(H,29,30)(H2,24,25,26). The lowest BCUT2D eigenvalue weighted by Gasteiger charge is -2.42. The van der Waals surface area contributed by atoms with E-state index >= 15 is 0 Å². The summed E-state index contributed by atoms with van der Waals surface area (Å²) in [5.41, 5.74) is 9.11. The monoisotopic (exact) mass is 455 g/mol. The highest BCUT2D eigenvalue weighted by Gasteiger charge is 2.34. The Morgan fingerprint density at radius 3 is 2.81 bits per heavy atom. The number of benzene rings is 1. The average molecular weight is 455 g/mol. The molecule has 9 heteroatoms. The van der Waals surface area contributed by atoms with Crippen molar-refractivity contribution in [1.82, 2.24) is 19.4 Å². The van der Waals surface area contributed by atoms with Gasteiger partial charge in [-0.3, -0.25) is 4.57 Å². The summed E-state index contributed by atoms with van der Waals surface area (Å²) in [7, 11) is -3.09. The Morgan fingerprint density at radius 1 is 1.28 bits per heavy atom. The highest BCUT2D eigenvalue weighted by molar-refractivity contribution is 7.57. The molecule has 1 aliphatic heterocycles. The van der Waals surface area contributed by atoms with Gasteiger partial charge in [-0.1, -0.05) is 12.1 Å². The molecule has 5 rings (SSSR count). The number of nitrogens with two attached hydrogens (primary N) is 1. The van der Waals surface area contributed by atoms with Crippen LogP contribution < -0.4 is 10.5 Å². The predicted octanol–water partition coefficient (Wildman–Crippen LogP) is 3.62. The minimum atomic E-state index is -3.09. The lowest BCUT2D eigenvalue weighted by Crippen LogP contribution is -2.43. The van der Waals surface area contributed by atoms with Crippen LogP contribution in [0.15, 0.2) is 36.8 Å². The van der Waals surface area contributed by atoms with Crippen LogP contribution in [0.1, 0.15) is 25.3 Å². The van der Waals surface area contributed by atoms with Crippen LogP contribution in [0.3, 0.4) is 0 Å². The van der Waals surface area contributed by atoms with Crippen LogP contribution in [0, 0.1) is 5.92 Å². The Bertz CT molecular complexity index is 1160. The molecule has 2 aromatic heterocycles. The molecule has 8 nitrogen and oxygen atoms in total. The molecule has 0 amide bonds. The Hall–Kier alpha value is -2.41. The Balaban J connectivity index is 1.40. The number of hydrogen-bond donors (Lipinski definition) is 2. The van der Waals surface area contributed by atoms with E-state index in [0.29, 0.717) is 17.6 Å². The van der Waals surface area contributed by atoms with E-state index in [0.717, 1.165) is 40.9 Å². The van der Waals surface area contributed by atoms with Gasteiger partial charge in [0.25, 0.3) is 0 Å². The molecule has 3 N–H and O–H groups in total. The van der Waals surface area contributed by atoms with Crippen LogP contribution in [-0.2, 0) is 4.57 Å². The maximum absolute atomic E-state index is 11.5. The van der Waals surface area contributed by atoms with E-state index in [4.69, 9.17) is 10.5 Å². The molecule has 0 radical (unpaired) electrons. The van der Waals surface area contributed by atoms with Gasteiger partial charge in [0.05, 0.1) is 18.2 Å². The molecular formula is C23H30N5O3P. The normalized spacial score (nSPS) is 22.8. The van der Waals surface area contributed by atoms with Gasteiger partial charge in [0.15, 0.2) is 0 Å². The van der Waals surface area contributed by atoms with E-state index in [2.05, 4.69) is 25.6 Å². The number of ether oxygens (including phenoxy) is 1. The van der Waals surface area contributed by atoms with E-state index in [1.807, 2.05) is 24.3 Å². The summed E-state index contributed by atoms with van der Waals surface area (Å²) in [6.45, 7) is 5.24. The first-order valence-corrected chi connectivity index (χ1v) is 13.5. The molecule has 32 heavy (non-hydrogen) atoms. The predicted molar refractivity (Wildman–Crippen MR) is 126 cm³/mol. The topological polar surface area (TPSA) is 106 Å². The zero-order valence-corrected chi connectivity index (χ0v) is 19.2. The number of hydrogen-bond acceptors (Lipinski definition) is 6. The first-order chi connectivity index (χ1) is 15.4. The van der Waals surface area contributed by atoms with E-state index < -0.39 is 7.37 Å². The average Bonchev–Trinajstić information content (AvgIpc) is 3.05. The van der Waals surface area contributed by atoms with Crippen molar-refractivity contribution in [1.29, 1.82) is 0 Å². The number of fused-ring (bicyclic) bond motifs is 1. The Morgan fingerprint density at radius 2 is 2.09 bits per heavy atom. The fourth-order valence-corrected chi connectivity index (χ4v) is 5.13. The van der Waals surface area contributed by atoms with Crippen molar-refractivity contribution in [3.63, 3.8) is 0 Å². The van der Waals surface area contributed by atoms with Gasteiger partial charge in [-0.25, -0.2) is 9.97 Å². The van der Waals surface area contributed by atoms with Crippen molar-refractivity contribution in [2.24, 2.45) is 5.92 Å². The number of anilines is 1. The number of aromatic nitrogens is 3. The molecule has 1 saturated carbocycles. The van der Waals surface area contributed by atoms with Crippen molar-refractivity contribution in [2.45, 2.75) is 25.3 Å². The van der Waals surface area contributed by atoms with E-state index in [9.17, 15) is 9.46 Å². The molecule has 2 fully saturated rings. The van der Waals surface area contributed by atoms with Crippen LogP contribution >= 0.6 is 7.37 Å². The third kappa shape index (κ3) is 4.40. The molecule has 1 atom stereocenters. The van der Waals surface area contributed by atoms with Crippen LogP contribution in [0.2, 0.25) is 0 Å². The van der Waals surface area contributed by atoms with Crippen molar-refractivity contribution < 1.29 is 14.2 Å². The smallest absolute Gasteiger partial charge is 0.201 e. The Labute approximate surface area is 187 Å². The molecule has 0 bridgehead atoms. The van der Waals surface area contributed by atoms with Gasteiger partial charge in [0.1, 0.15) is 23.5 Å². The lowest BCUT2D eigenvalue weighted by molar-refractivity contribution is 0.0921. The summed E-state index contributed by atoms with van der Waals surface area (Å²) < 4.78 is 19.5. The van der Waals surface area contributed by atoms with E-state index in [1.54, 1.807) is 0 Å². The molecule has 0 spiro atoms. The van der Waals surface area contributed by atoms with Gasteiger partial charge in [0, 0.05) is 31.0 Å². The summed E-state index contributed by atoms with van der Waals surface area (Å²) in [6, 6.07) is 8.16. The fraction of sp³-hybridized carbons (Fsp3) is 0.478. The second kappa shape index (κ2) is 8.50. The van der Waals surface area contributed by atoms with Crippen molar-refractivity contribution in [2.75, 3.05) is 44.8 Å². The minimum Gasteiger partial charge on any atom is -0.493 e. The summed E-state index contributed by atoms with van der Waals surface area (Å²) in [5, 5.41) is 0.865. The molecule has 170 valence electrons. The van der Waals surface area contributed by atoms with Gasteiger partial charge in [-0.05, 0) is 56.0 Å². The highest BCUT2D eigenvalue weighted by Crippen LogP contribution is 2.43. The molecule has 3 aromatic rings. The SMILES string of the molecule is CP(=O)(O)CCOc1cccc(-c2cn(C3CC(CN4CCC4)C3)c3ncnc(N)c23)c1. The first-order valence-electron chi connectivity index (χ1n) is 11.2. The number of likely N-dealkylation sites (tertiary alicyclic amines) is 1. The second-order valence-electron chi connectivity index (χ2n) is 9.20. The molecule has 1 unspecified atom stereocenters. The fourth-order valence-electron chi connectivity index (χ4n) is 4.70. The van der Waals surface area contributed by atoms with Gasteiger partial charge < -0.3 is 24.8 Å². The Kier molecular flexibility index (Phi) is 5.70. The molecule has 3 heterocycles. The largest absolute Gasteiger partial charge is 0.493 e. The van der Waals surface area contributed by atoms with Gasteiger partial charge in [-0.15, -0.1) is 0 Å². The number of nitrogens with zero attached hydrogens (tertiary/aromatic N) is 4. The maximum atomic E-state index is 11.5. The molecular weight excluding hydrogens is 425 g/mol. The van der Waals surface area contributed by atoms with Crippen LogP contribution in [0.25, 0.3) is 22.2 Å². The summed E-state index contributed by atoms with van der Waals surface area (Å²) in [6.07, 6.45) is 7.45. The maximum Gasteiger partial charge on any atom is 0.201 e. The third-order valence-corrected chi connectivity index (χ3v) is 7.64. The summed E-state index contributed by atoms with van der Waals surface area (Å²) >= 11 is 0. The van der Waals surface area contributed by atoms with Crippen LogP contribution in [0.4, 0.5) is 5.82 Å².